The van der Waals surface area contributed by atoms with Crippen molar-refractivity contribution in [1.82, 2.24) is 10.0 Å². The van der Waals surface area contributed by atoms with Crippen LogP contribution in [0, 0.1) is 23.7 Å². The standard InChI is InChI=1S/C36H48ClN3O6S/c1-23-6-4-8-30(35(42)38-16-17-45-3)29-12-9-27(29)20-40-21-36(15-5-7-25-18-28(37)11-13-31(25)36)22-46-33-14-10-26(19-32(33)40)34(41)39-47(43,44)24(23)2/h10-11,13-14,18-19,23-24,27,29-30H,4-9,12,15-17,20-22H2,1-3H3,(H,38,42)(H,39,41)/t23-,24+,27-,29+,30-,36-/m0/s1. The van der Waals surface area contributed by atoms with Crippen LogP contribution >= 0.6 is 11.6 Å². The second-order valence-corrected chi connectivity index (χ2v) is 16.7. The topological polar surface area (TPSA) is 114 Å². The van der Waals surface area contributed by atoms with E-state index in [1.807, 2.05) is 13.0 Å². The van der Waals surface area contributed by atoms with Crippen molar-refractivity contribution in [3.05, 3.63) is 58.1 Å². The van der Waals surface area contributed by atoms with Crippen LogP contribution in [0.2, 0.25) is 5.02 Å². The van der Waals surface area contributed by atoms with Gasteiger partial charge in [0.05, 0.1) is 24.2 Å². The van der Waals surface area contributed by atoms with Gasteiger partial charge < -0.3 is 19.7 Å². The molecule has 2 bridgehead atoms. The number of ether oxygens (including phenoxy) is 2. The minimum atomic E-state index is -3.94. The van der Waals surface area contributed by atoms with Crippen molar-refractivity contribution in [2.75, 3.05) is 44.9 Å². The molecule has 0 aromatic heterocycles. The summed E-state index contributed by atoms with van der Waals surface area (Å²) < 4.78 is 40.9. The summed E-state index contributed by atoms with van der Waals surface area (Å²) >= 11 is 6.43. The molecule has 4 aliphatic rings. The highest BCUT2D eigenvalue weighted by molar-refractivity contribution is 7.90. The number of nitrogens with zero attached hydrogens (tertiary/aromatic N) is 1. The highest BCUT2D eigenvalue weighted by atomic mass is 35.5. The van der Waals surface area contributed by atoms with E-state index in [1.165, 1.54) is 11.1 Å². The van der Waals surface area contributed by atoms with Gasteiger partial charge in [0, 0.05) is 48.7 Å². The second kappa shape index (κ2) is 14.0. The van der Waals surface area contributed by atoms with Gasteiger partial charge in [0.15, 0.2) is 0 Å². The third-order valence-electron chi connectivity index (χ3n) is 11.4. The minimum Gasteiger partial charge on any atom is -0.490 e. The quantitative estimate of drug-likeness (QED) is 0.410. The number of rotatable bonds is 4. The van der Waals surface area contributed by atoms with Gasteiger partial charge in [0.25, 0.3) is 5.91 Å². The lowest BCUT2D eigenvalue weighted by molar-refractivity contribution is -0.129. The van der Waals surface area contributed by atoms with Gasteiger partial charge in [-0.15, -0.1) is 0 Å². The number of fused-ring (bicyclic) bond motifs is 4. The molecule has 256 valence electrons. The van der Waals surface area contributed by atoms with Gasteiger partial charge in [-0.25, -0.2) is 13.1 Å². The smallest absolute Gasteiger partial charge is 0.264 e. The Balaban J connectivity index is 1.40. The van der Waals surface area contributed by atoms with E-state index in [1.54, 1.807) is 32.2 Å². The molecule has 0 unspecified atom stereocenters. The summed E-state index contributed by atoms with van der Waals surface area (Å²) in [6.07, 6.45) is 6.97. The molecule has 1 saturated carbocycles. The summed E-state index contributed by atoms with van der Waals surface area (Å²) in [6.45, 7) is 6.35. The maximum atomic E-state index is 13.7. The van der Waals surface area contributed by atoms with E-state index in [4.69, 9.17) is 21.1 Å². The predicted molar refractivity (Wildman–Crippen MR) is 184 cm³/mol. The zero-order chi connectivity index (χ0) is 33.3. The van der Waals surface area contributed by atoms with Crippen molar-refractivity contribution >= 4 is 39.1 Å². The third-order valence-corrected chi connectivity index (χ3v) is 13.5. The van der Waals surface area contributed by atoms with Gasteiger partial charge in [-0.3, -0.25) is 9.59 Å². The Morgan fingerprint density at radius 3 is 2.72 bits per heavy atom. The lowest BCUT2D eigenvalue weighted by Crippen LogP contribution is -2.50. The molecular weight excluding hydrogens is 638 g/mol. The Hall–Kier alpha value is -2.82. The summed E-state index contributed by atoms with van der Waals surface area (Å²) in [5.41, 5.74) is 3.27. The van der Waals surface area contributed by atoms with Gasteiger partial charge in [-0.1, -0.05) is 31.0 Å². The molecule has 2 aliphatic heterocycles. The van der Waals surface area contributed by atoms with Crippen LogP contribution in [0.25, 0.3) is 0 Å². The number of carbonyl (C=O) groups is 2. The molecular formula is C36H48ClN3O6S. The van der Waals surface area contributed by atoms with Crippen molar-refractivity contribution in [3.8, 4) is 5.75 Å². The van der Waals surface area contributed by atoms with Crippen molar-refractivity contribution in [2.45, 2.75) is 75.9 Å². The highest BCUT2D eigenvalue weighted by Gasteiger charge is 2.45. The fourth-order valence-electron chi connectivity index (χ4n) is 8.32. The molecule has 2 aliphatic carbocycles. The average molecular weight is 686 g/mol. The van der Waals surface area contributed by atoms with E-state index >= 15 is 0 Å². The molecule has 2 heterocycles. The van der Waals surface area contributed by atoms with Crippen LogP contribution in [0.1, 0.15) is 80.3 Å². The fraction of sp³-hybridized carbons (Fsp3) is 0.611. The van der Waals surface area contributed by atoms with Crippen molar-refractivity contribution in [3.63, 3.8) is 0 Å². The van der Waals surface area contributed by atoms with E-state index in [9.17, 15) is 18.0 Å². The largest absolute Gasteiger partial charge is 0.490 e. The van der Waals surface area contributed by atoms with Gasteiger partial charge in [-0.2, -0.15) is 0 Å². The lowest BCUT2D eigenvalue weighted by Gasteiger charge is -2.46. The average Bonchev–Trinajstić information content (AvgIpc) is 3.18. The maximum Gasteiger partial charge on any atom is 0.264 e. The van der Waals surface area contributed by atoms with Gasteiger partial charge in [0.2, 0.25) is 15.9 Å². The van der Waals surface area contributed by atoms with E-state index < -0.39 is 21.2 Å². The summed E-state index contributed by atoms with van der Waals surface area (Å²) in [4.78, 5) is 29.5. The summed E-state index contributed by atoms with van der Waals surface area (Å²) in [5.74, 6) is 0.219. The highest BCUT2D eigenvalue weighted by Crippen LogP contribution is 2.48. The number of halogens is 1. The van der Waals surface area contributed by atoms with Crippen molar-refractivity contribution < 1.29 is 27.5 Å². The predicted octanol–water partition coefficient (Wildman–Crippen LogP) is 5.49. The molecule has 2 amide bonds. The van der Waals surface area contributed by atoms with Crippen LogP contribution in [0.3, 0.4) is 0 Å². The van der Waals surface area contributed by atoms with E-state index in [0.29, 0.717) is 51.4 Å². The molecule has 0 radical (unpaired) electrons. The van der Waals surface area contributed by atoms with E-state index in [2.05, 4.69) is 27.1 Å². The normalized spacial score (nSPS) is 30.5. The molecule has 2 aromatic rings. The summed E-state index contributed by atoms with van der Waals surface area (Å²) in [7, 11) is -2.31. The van der Waals surface area contributed by atoms with Gasteiger partial charge >= 0.3 is 0 Å². The van der Waals surface area contributed by atoms with Gasteiger partial charge in [-0.05, 0) is 111 Å². The molecule has 0 saturated heterocycles. The Bertz CT molecular complexity index is 1600. The Kier molecular flexibility index (Phi) is 10.1. The number of carbonyl (C=O) groups excluding carboxylic acids is 2. The Labute approximate surface area is 284 Å². The van der Waals surface area contributed by atoms with Crippen LogP contribution in [0.5, 0.6) is 5.75 Å². The number of sulfonamides is 1. The fourth-order valence-corrected chi connectivity index (χ4v) is 9.82. The van der Waals surface area contributed by atoms with E-state index in [0.717, 1.165) is 49.2 Å². The molecule has 1 fully saturated rings. The summed E-state index contributed by atoms with van der Waals surface area (Å²) in [5, 5.41) is 3.05. The van der Waals surface area contributed by atoms with Crippen molar-refractivity contribution in [1.29, 1.82) is 0 Å². The number of hydrogen-bond acceptors (Lipinski definition) is 7. The number of anilines is 1. The number of benzene rings is 2. The first-order valence-corrected chi connectivity index (χ1v) is 19.1. The number of methoxy groups -OCH3 is 1. The number of aryl methyl sites for hydroxylation is 1. The van der Waals surface area contributed by atoms with E-state index in [-0.39, 0.29) is 40.6 Å². The summed E-state index contributed by atoms with van der Waals surface area (Å²) in [6, 6.07) is 11.4. The van der Waals surface area contributed by atoms with Crippen LogP contribution in [0.4, 0.5) is 5.69 Å². The first kappa shape index (κ1) is 34.1. The SMILES string of the molecule is COCCNC(=O)[C@H]1CCC[C@H](C)[C@@H](C)S(=O)(=O)NC(=O)c2ccc3c(c2)N(C[C@@H]2CC[C@H]21)C[C@@]1(CCCc2cc(Cl)ccc21)CO3. The minimum absolute atomic E-state index is 0.0508. The van der Waals surface area contributed by atoms with Crippen molar-refractivity contribution in [2.24, 2.45) is 23.7 Å². The first-order valence-electron chi connectivity index (χ1n) is 17.1. The molecule has 2 aromatic carbocycles. The zero-order valence-electron chi connectivity index (χ0n) is 27.7. The second-order valence-electron chi connectivity index (χ2n) is 14.3. The Morgan fingerprint density at radius 2 is 1.96 bits per heavy atom. The number of nitrogens with one attached hydrogen (secondary N) is 2. The molecule has 6 rings (SSSR count). The van der Waals surface area contributed by atoms with Crippen LogP contribution in [-0.4, -0.2) is 65.4 Å². The van der Waals surface area contributed by atoms with Gasteiger partial charge in [0.1, 0.15) is 5.75 Å². The molecule has 2 N–H and O–H groups in total. The zero-order valence-corrected chi connectivity index (χ0v) is 29.3. The lowest BCUT2D eigenvalue weighted by atomic mass is 9.64. The van der Waals surface area contributed by atoms with Crippen LogP contribution in [0.15, 0.2) is 36.4 Å². The number of amides is 2. The third kappa shape index (κ3) is 7.01. The van der Waals surface area contributed by atoms with Crippen LogP contribution < -0.4 is 19.7 Å². The Morgan fingerprint density at radius 1 is 1.13 bits per heavy atom. The molecule has 9 nitrogen and oxygen atoms in total. The maximum absolute atomic E-state index is 13.7. The molecule has 47 heavy (non-hydrogen) atoms. The molecule has 6 atom stereocenters. The van der Waals surface area contributed by atoms with Crippen LogP contribution in [-0.2, 0) is 31.4 Å². The number of hydrogen-bond donors (Lipinski definition) is 2. The monoisotopic (exact) mass is 685 g/mol. The molecule has 11 heteroatoms. The first-order chi connectivity index (χ1) is 22.5. The molecule has 1 spiro atoms.